The number of carbonyl (C=O) groups is 2. The van der Waals surface area contributed by atoms with Gasteiger partial charge in [0.15, 0.2) is 5.16 Å². The minimum absolute atomic E-state index is 0.0922. The molecule has 0 unspecified atom stereocenters. The molecule has 7 heteroatoms. The van der Waals surface area contributed by atoms with Crippen LogP contribution in [0.15, 0.2) is 60.0 Å². The van der Waals surface area contributed by atoms with E-state index in [9.17, 15) is 9.59 Å². The molecule has 0 bridgehead atoms. The van der Waals surface area contributed by atoms with Crippen molar-refractivity contribution < 1.29 is 14.3 Å². The number of nitrogens with one attached hydrogen (secondary N) is 1. The first-order valence-corrected chi connectivity index (χ1v) is 8.19. The maximum Gasteiger partial charge on any atom is 0.261 e. The van der Waals surface area contributed by atoms with E-state index in [0.717, 1.165) is 5.52 Å². The van der Waals surface area contributed by atoms with Crippen LogP contribution in [0.25, 0.3) is 5.52 Å². The van der Waals surface area contributed by atoms with E-state index < -0.39 is 5.91 Å². The lowest BCUT2D eigenvalue weighted by Gasteiger charge is -2.08. The maximum atomic E-state index is 12.2. The van der Waals surface area contributed by atoms with Crippen molar-refractivity contribution in [1.29, 1.82) is 0 Å². The van der Waals surface area contributed by atoms with Gasteiger partial charge in [0.2, 0.25) is 5.91 Å². The monoisotopic (exact) mass is 341 g/mol. The number of imidazole rings is 1. The molecule has 2 aromatic heterocycles. The number of amides is 2. The molecule has 3 rings (SSSR count). The van der Waals surface area contributed by atoms with Gasteiger partial charge in [-0.2, -0.15) is 0 Å². The second-order valence-corrected chi connectivity index (χ2v) is 5.85. The van der Waals surface area contributed by atoms with Crippen LogP contribution in [0, 0.1) is 0 Å². The summed E-state index contributed by atoms with van der Waals surface area (Å²) < 4.78 is 7.01. The second kappa shape index (κ2) is 7.18. The highest BCUT2D eigenvalue weighted by Gasteiger charge is 2.15. The van der Waals surface area contributed by atoms with Crippen molar-refractivity contribution in [1.82, 2.24) is 14.7 Å². The molecular formula is C17H15N3O3S. The lowest BCUT2D eigenvalue weighted by atomic mass is 10.2. The number of nitrogens with zero attached hydrogens (tertiary/aromatic N) is 2. The zero-order valence-electron chi connectivity index (χ0n) is 12.9. The molecular weight excluding hydrogens is 326 g/mol. The summed E-state index contributed by atoms with van der Waals surface area (Å²) in [6.07, 6.45) is 3.61. The Morgan fingerprint density at radius 1 is 1.21 bits per heavy atom. The van der Waals surface area contributed by atoms with E-state index in [2.05, 4.69) is 10.3 Å². The van der Waals surface area contributed by atoms with Crippen molar-refractivity contribution in [2.75, 3.05) is 12.9 Å². The quantitative estimate of drug-likeness (QED) is 0.722. The molecule has 0 saturated carbocycles. The van der Waals surface area contributed by atoms with Crippen LogP contribution in [0.3, 0.4) is 0 Å². The normalized spacial score (nSPS) is 10.5. The van der Waals surface area contributed by atoms with Gasteiger partial charge >= 0.3 is 0 Å². The van der Waals surface area contributed by atoms with Crippen molar-refractivity contribution in [2.24, 2.45) is 0 Å². The second-order valence-electron chi connectivity index (χ2n) is 4.90. The third kappa shape index (κ3) is 3.41. The van der Waals surface area contributed by atoms with Crippen LogP contribution < -0.4 is 10.1 Å². The molecule has 0 atom stereocenters. The smallest absolute Gasteiger partial charge is 0.261 e. The third-order valence-electron chi connectivity index (χ3n) is 3.34. The fourth-order valence-corrected chi connectivity index (χ4v) is 2.98. The number of rotatable bonds is 5. The molecule has 1 aromatic carbocycles. The van der Waals surface area contributed by atoms with Gasteiger partial charge in [-0.1, -0.05) is 30.0 Å². The van der Waals surface area contributed by atoms with Crippen LogP contribution in [0.5, 0.6) is 5.75 Å². The average molecular weight is 341 g/mol. The van der Waals surface area contributed by atoms with Gasteiger partial charge in [0, 0.05) is 6.20 Å². The molecule has 0 radical (unpaired) electrons. The molecule has 0 aliphatic carbocycles. The molecule has 0 aliphatic rings. The molecule has 2 amide bonds. The summed E-state index contributed by atoms with van der Waals surface area (Å²) in [5, 5.41) is 3.07. The van der Waals surface area contributed by atoms with Gasteiger partial charge in [0.1, 0.15) is 5.75 Å². The number of methoxy groups -OCH3 is 1. The van der Waals surface area contributed by atoms with Gasteiger partial charge in [-0.25, -0.2) is 4.98 Å². The summed E-state index contributed by atoms with van der Waals surface area (Å²) in [5.41, 5.74) is 1.27. The van der Waals surface area contributed by atoms with Crippen molar-refractivity contribution in [3.05, 3.63) is 60.4 Å². The van der Waals surface area contributed by atoms with Crippen LogP contribution >= 0.6 is 11.8 Å². The highest BCUT2D eigenvalue weighted by atomic mass is 32.2. The molecule has 0 saturated heterocycles. The Bertz CT molecular complexity index is 891. The standard InChI is InChI=1S/C17H15N3O3S/c1-23-14-8-3-2-7-13(14)16(22)19-15(21)11-24-17-18-10-12-6-4-5-9-20(12)17/h2-10H,11H2,1H3,(H,19,21,22). The van der Waals surface area contributed by atoms with E-state index in [4.69, 9.17) is 4.74 Å². The Labute approximate surface area is 142 Å². The van der Waals surface area contributed by atoms with E-state index in [1.165, 1.54) is 18.9 Å². The van der Waals surface area contributed by atoms with Crippen LogP contribution in [-0.4, -0.2) is 34.1 Å². The fraction of sp³-hybridized carbons (Fsp3) is 0.118. The van der Waals surface area contributed by atoms with Crippen molar-refractivity contribution in [3.63, 3.8) is 0 Å². The number of thioether (sulfide) groups is 1. The molecule has 1 N–H and O–H groups in total. The fourth-order valence-electron chi connectivity index (χ4n) is 2.22. The number of hydrogen-bond acceptors (Lipinski definition) is 5. The highest BCUT2D eigenvalue weighted by Crippen LogP contribution is 2.19. The SMILES string of the molecule is COc1ccccc1C(=O)NC(=O)CSc1ncc2ccccn12. The Morgan fingerprint density at radius 3 is 2.83 bits per heavy atom. The molecule has 0 aliphatic heterocycles. The summed E-state index contributed by atoms with van der Waals surface area (Å²) in [5.74, 6) is -0.348. The average Bonchev–Trinajstić information content (AvgIpc) is 3.03. The van der Waals surface area contributed by atoms with Crippen molar-refractivity contribution in [2.45, 2.75) is 5.16 Å². The first-order valence-electron chi connectivity index (χ1n) is 7.21. The molecule has 122 valence electrons. The molecule has 0 fully saturated rings. The number of aromatic nitrogens is 2. The molecule has 0 spiro atoms. The number of para-hydroxylation sites is 1. The van der Waals surface area contributed by atoms with Gasteiger partial charge in [0.05, 0.1) is 30.1 Å². The summed E-state index contributed by atoms with van der Waals surface area (Å²) in [4.78, 5) is 28.5. The Hall–Kier alpha value is -2.80. The summed E-state index contributed by atoms with van der Waals surface area (Å²) in [6, 6.07) is 12.5. The number of imide groups is 1. The summed E-state index contributed by atoms with van der Waals surface area (Å²) >= 11 is 1.27. The Balaban J connectivity index is 1.62. The third-order valence-corrected chi connectivity index (χ3v) is 4.31. The van der Waals surface area contributed by atoms with E-state index in [1.54, 1.807) is 30.5 Å². The first kappa shape index (κ1) is 16.1. The first-order chi connectivity index (χ1) is 11.7. The Kier molecular flexibility index (Phi) is 4.81. The van der Waals surface area contributed by atoms with E-state index >= 15 is 0 Å². The van der Waals surface area contributed by atoms with Crippen LogP contribution in [-0.2, 0) is 4.79 Å². The largest absolute Gasteiger partial charge is 0.496 e. The van der Waals surface area contributed by atoms with Gasteiger partial charge < -0.3 is 4.74 Å². The van der Waals surface area contributed by atoms with Crippen LogP contribution in [0.2, 0.25) is 0 Å². The number of pyridine rings is 1. The number of benzene rings is 1. The predicted octanol–water partition coefficient (Wildman–Crippen LogP) is 2.39. The number of ether oxygens (including phenoxy) is 1. The highest BCUT2D eigenvalue weighted by molar-refractivity contribution is 7.99. The van der Waals surface area contributed by atoms with E-state index in [1.807, 2.05) is 28.8 Å². The van der Waals surface area contributed by atoms with Gasteiger partial charge in [-0.15, -0.1) is 0 Å². The molecule has 24 heavy (non-hydrogen) atoms. The molecule has 6 nitrogen and oxygen atoms in total. The van der Waals surface area contributed by atoms with Crippen LogP contribution in [0.1, 0.15) is 10.4 Å². The Morgan fingerprint density at radius 2 is 2.00 bits per heavy atom. The molecule has 2 heterocycles. The van der Waals surface area contributed by atoms with Gasteiger partial charge in [-0.05, 0) is 24.3 Å². The maximum absolute atomic E-state index is 12.2. The zero-order chi connectivity index (χ0) is 16.9. The van der Waals surface area contributed by atoms with Crippen molar-refractivity contribution >= 4 is 29.1 Å². The lowest BCUT2D eigenvalue weighted by Crippen LogP contribution is -2.32. The minimum atomic E-state index is -0.481. The predicted molar refractivity (Wildman–Crippen MR) is 91.4 cm³/mol. The topological polar surface area (TPSA) is 72.7 Å². The van der Waals surface area contributed by atoms with Crippen molar-refractivity contribution in [3.8, 4) is 5.75 Å². The van der Waals surface area contributed by atoms with E-state index in [-0.39, 0.29) is 11.7 Å². The van der Waals surface area contributed by atoms with Gasteiger partial charge in [-0.3, -0.25) is 19.3 Å². The summed E-state index contributed by atoms with van der Waals surface area (Å²) in [6.45, 7) is 0. The number of fused-ring (bicyclic) bond motifs is 1. The number of hydrogen-bond donors (Lipinski definition) is 1. The van der Waals surface area contributed by atoms with Gasteiger partial charge in [0.25, 0.3) is 5.91 Å². The summed E-state index contributed by atoms with van der Waals surface area (Å²) in [7, 11) is 1.48. The zero-order valence-corrected chi connectivity index (χ0v) is 13.7. The lowest BCUT2D eigenvalue weighted by molar-refractivity contribution is -0.117. The van der Waals surface area contributed by atoms with Crippen LogP contribution in [0.4, 0.5) is 0 Å². The minimum Gasteiger partial charge on any atom is -0.496 e. The number of carbonyl (C=O) groups excluding carboxylic acids is 2. The molecule has 3 aromatic rings. The van der Waals surface area contributed by atoms with E-state index in [0.29, 0.717) is 16.5 Å².